The molecule has 1 amide bonds. The molecule has 0 atom stereocenters. The van der Waals surface area contributed by atoms with Gasteiger partial charge in [0.15, 0.2) is 5.65 Å². The summed E-state index contributed by atoms with van der Waals surface area (Å²) in [6.07, 6.45) is 7.75. The van der Waals surface area contributed by atoms with E-state index in [1.54, 1.807) is 35.0 Å². The summed E-state index contributed by atoms with van der Waals surface area (Å²) in [6.45, 7) is 1.82. The molecule has 2 N–H and O–H groups in total. The zero-order chi connectivity index (χ0) is 22.9. The highest BCUT2D eigenvalue weighted by Gasteiger charge is 2.20. The van der Waals surface area contributed by atoms with Crippen molar-refractivity contribution < 1.29 is 4.79 Å². The van der Waals surface area contributed by atoms with E-state index in [4.69, 9.17) is 11.6 Å². The van der Waals surface area contributed by atoms with Crippen LogP contribution in [0.3, 0.4) is 0 Å². The maximum atomic E-state index is 12.8. The van der Waals surface area contributed by atoms with E-state index < -0.39 is 0 Å². The van der Waals surface area contributed by atoms with Crippen LogP contribution in [0.4, 0.5) is 5.82 Å². The highest BCUT2D eigenvalue weighted by Crippen LogP contribution is 2.27. The number of nitrogens with zero attached hydrogens (tertiary/aromatic N) is 5. The Morgan fingerprint density at radius 3 is 2.70 bits per heavy atom. The van der Waals surface area contributed by atoms with Gasteiger partial charge < -0.3 is 5.32 Å². The molecule has 9 nitrogen and oxygen atoms in total. The predicted molar refractivity (Wildman–Crippen MR) is 126 cm³/mol. The number of hydrogen-bond acceptors (Lipinski definition) is 5. The number of fused-ring (bicyclic) bond motifs is 1. The molecule has 0 radical (unpaired) electrons. The Morgan fingerprint density at radius 1 is 1.18 bits per heavy atom. The van der Waals surface area contributed by atoms with Gasteiger partial charge in [-0.25, -0.2) is 4.68 Å². The number of benzene rings is 1. The summed E-state index contributed by atoms with van der Waals surface area (Å²) in [5.41, 5.74) is 1.44. The number of rotatable bonds is 5. The first kappa shape index (κ1) is 21.4. The van der Waals surface area contributed by atoms with Crippen LogP contribution in [-0.2, 0) is 4.79 Å². The van der Waals surface area contributed by atoms with Crippen LogP contribution in [0.1, 0.15) is 44.2 Å². The quantitative estimate of drug-likeness (QED) is 0.459. The fourth-order valence-electron chi connectivity index (χ4n) is 4.38. The third kappa shape index (κ3) is 4.41. The smallest absolute Gasteiger partial charge is 0.263 e. The fraction of sp³-hybridized carbons (Fsp3) is 0.348. The molecular formula is C23H24ClN7O2. The maximum Gasteiger partial charge on any atom is 0.263 e. The van der Waals surface area contributed by atoms with E-state index in [9.17, 15) is 9.59 Å². The molecule has 1 saturated carbocycles. The van der Waals surface area contributed by atoms with E-state index >= 15 is 0 Å². The Balaban J connectivity index is 1.49. The van der Waals surface area contributed by atoms with Crippen molar-refractivity contribution in [3.63, 3.8) is 0 Å². The Bertz CT molecular complexity index is 1360. The lowest BCUT2D eigenvalue weighted by atomic mass is 9.87. The molecule has 1 fully saturated rings. The van der Waals surface area contributed by atoms with Crippen molar-refractivity contribution >= 4 is 34.4 Å². The monoisotopic (exact) mass is 465 g/mol. The summed E-state index contributed by atoms with van der Waals surface area (Å²) in [5, 5.41) is 12.7. The van der Waals surface area contributed by atoms with E-state index in [1.165, 1.54) is 30.1 Å². The van der Waals surface area contributed by atoms with Gasteiger partial charge in [-0.15, -0.1) is 0 Å². The first-order valence-corrected chi connectivity index (χ1v) is 11.5. The molecule has 0 aliphatic heterocycles. The average molecular weight is 466 g/mol. The van der Waals surface area contributed by atoms with Gasteiger partial charge in [-0.05, 0) is 49.9 Å². The molecule has 0 spiro atoms. The number of amides is 1. The van der Waals surface area contributed by atoms with Crippen molar-refractivity contribution in [1.82, 2.24) is 29.5 Å². The molecule has 0 saturated heterocycles. The van der Waals surface area contributed by atoms with E-state index in [1.807, 2.05) is 6.92 Å². The van der Waals surface area contributed by atoms with Gasteiger partial charge in [-0.3, -0.25) is 14.6 Å². The molecule has 0 bridgehead atoms. The number of H-pyrrole nitrogens is 1. The van der Waals surface area contributed by atoms with E-state index in [0.29, 0.717) is 39.9 Å². The normalized spacial score (nSPS) is 14.6. The molecule has 10 heteroatoms. The van der Waals surface area contributed by atoms with E-state index in [0.717, 1.165) is 18.5 Å². The van der Waals surface area contributed by atoms with Gasteiger partial charge in [0, 0.05) is 17.5 Å². The summed E-state index contributed by atoms with van der Waals surface area (Å²) in [6, 6.07) is 8.85. The number of aromatic nitrogens is 6. The number of halogens is 1. The summed E-state index contributed by atoms with van der Waals surface area (Å²) in [5.74, 6) is 1.02. The average Bonchev–Trinajstić information content (AvgIpc) is 3.38. The van der Waals surface area contributed by atoms with Crippen LogP contribution < -0.4 is 10.9 Å². The van der Waals surface area contributed by atoms with Crippen molar-refractivity contribution in [2.24, 2.45) is 5.92 Å². The standard InChI is InChI=1S/C23H24ClN7O2/c1-14-11-19(26-20(32)12-15-5-3-2-4-6-15)31(29-14)23-27-21-18(22(33)28-23)13-25-30(21)17-9-7-16(24)8-10-17/h7-11,13,15H,2-6,12H2,1H3,(H,26,32)(H,27,28,33). The topological polar surface area (TPSA) is 110 Å². The first-order valence-electron chi connectivity index (χ1n) is 11.1. The zero-order valence-electron chi connectivity index (χ0n) is 18.2. The van der Waals surface area contributed by atoms with Gasteiger partial charge in [-0.2, -0.15) is 19.9 Å². The van der Waals surface area contributed by atoms with E-state index in [2.05, 4.69) is 25.5 Å². The molecule has 170 valence electrons. The number of aromatic amines is 1. The first-order chi connectivity index (χ1) is 16.0. The summed E-state index contributed by atoms with van der Waals surface area (Å²) < 4.78 is 3.02. The third-order valence-corrected chi connectivity index (χ3v) is 6.25. The zero-order valence-corrected chi connectivity index (χ0v) is 19.0. The minimum atomic E-state index is -0.345. The summed E-state index contributed by atoms with van der Waals surface area (Å²) in [4.78, 5) is 32.9. The molecule has 3 aromatic heterocycles. The minimum Gasteiger partial charge on any atom is -0.310 e. The van der Waals surface area contributed by atoms with Gasteiger partial charge >= 0.3 is 0 Å². The van der Waals surface area contributed by atoms with Crippen LogP contribution in [0.25, 0.3) is 22.7 Å². The van der Waals surface area contributed by atoms with Gasteiger partial charge in [0.2, 0.25) is 11.9 Å². The molecule has 1 aliphatic rings. The second-order valence-corrected chi connectivity index (χ2v) is 8.94. The molecule has 1 aliphatic carbocycles. The van der Waals surface area contributed by atoms with Gasteiger partial charge in [0.05, 0.1) is 17.6 Å². The number of carbonyl (C=O) groups is 1. The lowest BCUT2D eigenvalue weighted by Gasteiger charge is -2.20. The van der Waals surface area contributed by atoms with Crippen molar-refractivity contribution in [1.29, 1.82) is 0 Å². The minimum absolute atomic E-state index is 0.0577. The van der Waals surface area contributed by atoms with E-state index in [-0.39, 0.29) is 17.4 Å². The second-order valence-electron chi connectivity index (χ2n) is 8.50. The largest absolute Gasteiger partial charge is 0.310 e. The molecule has 4 aromatic rings. The lowest BCUT2D eigenvalue weighted by Crippen LogP contribution is -2.21. The Labute approximate surface area is 194 Å². The van der Waals surface area contributed by atoms with Crippen LogP contribution in [0.5, 0.6) is 0 Å². The molecule has 5 rings (SSSR count). The SMILES string of the molecule is Cc1cc(NC(=O)CC2CCCCC2)n(-c2nc3c(cnn3-c3ccc(Cl)cc3)c(=O)[nH]2)n1. The van der Waals surface area contributed by atoms with Crippen LogP contribution >= 0.6 is 11.6 Å². The lowest BCUT2D eigenvalue weighted by molar-refractivity contribution is -0.117. The Kier molecular flexibility index (Phi) is 5.72. The van der Waals surface area contributed by atoms with Gasteiger partial charge in [-0.1, -0.05) is 30.9 Å². The van der Waals surface area contributed by atoms with Crippen LogP contribution in [-0.4, -0.2) is 35.4 Å². The molecule has 3 heterocycles. The highest BCUT2D eigenvalue weighted by molar-refractivity contribution is 6.30. The van der Waals surface area contributed by atoms with Crippen molar-refractivity contribution in [3.8, 4) is 11.6 Å². The second kappa shape index (κ2) is 8.82. The fourth-order valence-corrected chi connectivity index (χ4v) is 4.50. The molecular weight excluding hydrogens is 442 g/mol. The number of carbonyl (C=O) groups excluding carboxylic acids is 1. The van der Waals surface area contributed by atoms with Crippen molar-refractivity contribution in [3.05, 3.63) is 57.6 Å². The van der Waals surface area contributed by atoms with Crippen LogP contribution in [0.15, 0.2) is 41.3 Å². The maximum absolute atomic E-state index is 12.8. The number of anilines is 1. The molecule has 33 heavy (non-hydrogen) atoms. The van der Waals surface area contributed by atoms with Crippen molar-refractivity contribution in [2.75, 3.05) is 5.32 Å². The van der Waals surface area contributed by atoms with Crippen LogP contribution in [0.2, 0.25) is 5.02 Å². The summed E-state index contributed by atoms with van der Waals surface area (Å²) in [7, 11) is 0. The number of hydrogen-bond donors (Lipinski definition) is 2. The third-order valence-electron chi connectivity index (χ3n) is 6.00. The predicted octanol–water partition coefficient (Wildman–Crippen LogP) is 4.17. The van der Waals surface area contributed by atoms with Gasteiger partial charge in [0.25, 0.3) is 5.56 Å². The number of aryl methyl sites for hydroxylation is 1. The highest BCUT2D eigenvalue weighted by atomic mass is 35.5. The number of nitrogens with one attached hydrogen (secondary N) is 2. The van der Waals surface area contributed by atoms with Gasteiger partial charge in [0.1, 0.15) is 11.2 Å². The molecule has 0 unspecified atom stereocenters. The van der Waals surface area contributed by atoms with Crippen LogP contribution in [0, 0.1) is 12.8 Å². The summed E-state index contributed by atoms with van der Waals surface area (Å²) >= 11 is 6.00. The Morgan fingerprint density at radius 2 is 1.94 bits per heavy atom. The Hall–Kier alpha value is -3.46. The molecule has 1 aromatic carbocycles. The van der Waals surface area contributed by atoms with Crippen molar-refractivity contribution in [2.45, 2.75) is 45.4 Å².